The van der Waals surface area contributed by atoms with Crippen LogP contribution in [0.4, 0.5) is 5.69 Å². The van der Waals surface area contributed by atoms with E-state index in [9.17, 15) is 13.2 Å². The van der Waals surface area contributed by atoms with Gasteiger partial charge >= 0.3 is 0 Å². The van der Waals surface area contributed by atoms with E-state index in [0.717, 1.165) is 15.6 Å². The van der Waals surface area contributed by atoms with Gasteiger partial charge in [-0.3, -0.25) is 9.10 Å². The Balaban J connectivity index is 1.68. The Bertz CT molecular complexity index is 1180. The van der Waals surface area contributed by atoms with Crippen LogP contribution in [0.2, 0.25) is 0 Å². The highest BCUT2D eigenvalue weighted by molar-refractivity contribution is 9.10. The molecule has 1 amide bonds. The van der Waals surface area contributed by atoms with Crippen LogP contribution in [0.25, 0.3) is 0 Å². The molecule has 168 valence electrons. The van der Waals surface area contributed by atoms with E-state index in [1.807, 2.05) is 49.4 Å². The molecule has 0 radical (unpaired) electrons. The van der Waals surface area contributed by atoms with Crippen LogP contribution in [0.3, 0.4) is 0 Å². The topological polar surface area (TPSA) is 66.5 Å². The smallest absolute Gasteiger partial charge is 0.251 e. The summed E-state index contributed by atoms with van der Waals surface area (Å²) in [5.41, 5.74) is 4.06. The molecular weight excluding hydrogens is 488 g/mol. The van der Waals surface area contributed by atoms with Crippen LogP contribution in [-0.4, -0.2) is 27.1 Å². The predicted molar refractivity (Wildman–Crippen MR) is 134 cm³/mol. The van der Waals surface area contributed by atoms with Crippen molar-refractivity contribution < 1.29 is 13.2 Å². The quantitative estimate of drug-likeness (QED) is 0.445. The normalized spacial score (nSPS) is 12.2. The Morgan fingerprint density at radius 1 is 1.03 bits per heavy atom. The lowest BCUT2D eigenvalue weighted by Gasteiger charge is -2.23. The molecule has 7 heteroatoms. The molecular formula is C25H27BrN2O3S. The van der Waals surface area contributed by atoms with Gasteiger partial charge in [-0.25, -0.2) is 8.42 Å². The van der Waals surface area contributed by atoms with Gasteiger partial charge in [-0.1, -0.05) is 65.3 Å². The Hall–Kier alpha value is -2.64. The number of hydrogen-bond acceptors (Lipinski definition) is 3. The molecule has 0 aliphatic rings. The van der Waals surface area contributed by atoms with Crippen LogP contribution in [-0.2, 0) is 16.6 Å². The Morgan fingerprint density at radius 3 is 2.28 bits per heavy atom. The second-order valence-electron chi connectivity index (χ2n) is 7.92. The predicted octanol–water partition coefficient (Wildman–Crippen LogP) is 5.26. The van der Waals surface area contributed by atoms with Gasteiger partial charge in [0.05, 0.1) is 18.5 Å². The molecule has 32 heavy (non-hydrogen) atoms. The minimum absolute atomic E-state index is 0.150. The van der Waals surface area contributed by atoms with E-state index in [4.69, 9.17) is 0 Å². The summed E-state index contributed by atoms with van der Waals surface area (Å²) in [7, 11) is -3.48. The minimum atomic E-state index is -3.48. The maximum absolute atomic E-state index is 12.5. The van der Waals surface area contributed by atoms with Gasteiger partial charge in [-0.05, 0) is 59.9 Å². The molecule has 0 saturated heterocycles. The van der Waals surface area contributed by atoms with Crippen molar-refractivity contribution in [1.82, 2.24) is 5.32 Å². The fraction of sp³-hybridized carbons (Fsp3) is 0.240. The maximum Gasteiger partial charge on any atom is 0.251 e. The Labute approximate surface area is 198 Å². The molecule has 0 aliphatic carbocycles. The molecule has 0 fully saturated rings. The average Bonchev–Trinajstić information content (AvgIpc) is 2.78. The highest BCUT2D eigenvalue weighted by Crippen LogP contribution is 2.26. The van der Waals surface area contributed by atoms with E-state index >= 15 is 0 Å². The molecule has 0 spiro atoms. The summed E-state index contributed by atoms with van der Waals surface area (Å²) < 4.78 is 27.1. The number of rotatable bonds is 8. The first-order valence-corrected chi connectivity index (χ1v) is 12.9. The van der Waals surface area contributed by atoms with Gasteiger partial charge in [-0.2, -0.15) is 0 Å². The van der Waals surface area contributed by atoms with Crippen molar-refractivity contribution in [3.8, 4) is 0 Å². The number of aryl methyl sites for hydroxylation is 1. The first-order valence-electron chi connectivity index (χ1n) is 10.3. The lowest BCUT2D eigenvalue weighted by atomic mass is 10.0. The van der Waals surface area contributed by atoms with E-state index in [0.29, 0.717) is 17.8 Å². The summed E-state index contributed by atoms with van der Waals surface area (Å²) in [6.45, 7) is 4.71. The number of carbonyl (C=O) groups excluding carboxylic acids is 1. The van der Waals surface area contributed by atoms with Crippen molar-refractivity contribution in [2.45, 2.75) is 26.3 Å². The van der Waals surface area contributed by atoms with Gasteiger partial charge < -0.3 is 5.32 Å². The monoisotopic (exact) mass is 514 g/mol. The van der Waals surface area contributed by atoms with Crippen molar-refractivity contribution in [3.05, 3.63) is 99.5 Å². The standard InChI is InChI=1S/C25H27BrN2O3S/c1-18-15-23(13-14-24(18)26)28(32(3,30)31)17-20-9-11-22(12-10-20)25(29)27-16-19(2)21-7-5-4-6-8-21/h4-15,19H,16-17H2,1-3H3,(H,27,29)/t19-/m0/s1. The zero-order valence-electron chi connectivity index (χ0n) is 18.4. The lowest BCUT2D eigenvalue weighted by molar-refractivity contribution is 0.0951. The second kappa shape index (κ2) is 10.3. The van der Waals surface area contributed by atoms with Gasteiger partial charge in [0.15, 0.2) is 0 Å². The fourth-order valence-corrected chi connectivity index (χ4v) is 4.49. The molecule has 5 nitrogen and oxygen atoms in total. The Kier molecular flexibility index (Phi) is 7.74. The molecule has 0 aromatic heterocycles. The first kappa shape index (κ1) is 24.0. The number of halogens is 1. The van der Waals surface area contributed by atoms with Crippen LogP contribution in [0.15, 0.2) is 77.3 Å². The number of sulfonamides is 1. The van der Waals surface area contributed by atoms with Crippen LogP contribution < -0.4 is 9.62 Å². The molecule has 0 unspecified atom stereocenters. The molecule has 0 bridgehead atoms. The van der Waals surface area contributed by atoms with E-state index in [1.54, 1.807) is 30.3 Å². The van der Waals surface area contributed by atoms with Gasteiger partial charge in [0.1, 0.15) is 0 Å². The average molecular weight is 515 g/mol. The third-order valence-corrected chi connectivity index (χ3v) is 7.34. The molecule has 3 aromatic carbocycles. The van der Waals surface area contributed by atoms with Crippen molar-refractivity contribution in [2.75, 3.05) is 17.1 Å². The van der Waals surface area contributed by atoms with Crippen molar-refractivity contribution in [1.29, 1.82) is 0 Å². The highest BCUT2D eigenvalue weighted by Gasteiger charge is 2.19. The minimum Gasteiger partial charge on any atom is -0.351 e. The van der Waals surface area contributed by atoms with E-state index in [-0.39, 0.29) is 18.4 Å². The van der Waals surface area contributed by atoms with Crippen LogP contribution >= 0.6 is 15.9 Å². The summed E-state index contributed by atoms with van der Waals surface area (Å²) in [5.74, 6) is 0.0555. The van der Waals surface area contributed by atoms with E-state index < -0.39 is 10.0 Å². The maximum atomic E-state index is 12.5. The molecule has 3 rings (SSSR count). The van der Waals surface area contributed by atoms with Gasteiger partial charge in [0.2, 0.25) is 10.0 Å². The summed E-state index contributed by atoms with van der Waals surface area (Å²) in [4.78, 5) is 12.5. The summed E-state index contributed by atoms with van der Waals surface area (Å²) in [6, 6.07) is 22.5. The fourth-order valence-electron chi connectivity index (χ4n) is 3.36. The van der Waals surface area contributed by atoms with Crippen LogP contribution in [0, 0.1) is 6.92 Å². The molecule has 3 aromatic rings. The van der Waals surface area contributed by atoms with Crippen molar-refractivity contribution in [2.24, 2.45) is 0 Å². The van der Waals surface area contributed by atoms with E-state index in [1.165, 1.54) is 16.1 Å². The third kappa shape index (κ3) is 6.20. The van der Waals surface area contributed by atoms with Crippen molar-refractivity contribution >= 4 is 37.5 Å². The summed E-state index contributed by atoms with van der Waals surface area (Å²) >= 11 is 3.45. The third-order valence-electron chi connectivity index (χ3n) is 5.31. The summed E-state index contributed by atoms with van der Waals surface area (Å²) in [6.07, 6.45) is 1.19. The number of carbonyl (C=O) groups is 1. The first-order chi connectivity index (χ1) is 15.1. The second-order valence-corrected chi connectivity index (χ2v) is 10.7. The van der Waals surface area contributed by atoms with Crippen LogP contribution in [0.5, 0.6) is 0 Å². The lowest BCUT2D eigenvalue weighted by Crippen LogP contribution is -2.29. The zero-order valence-corrected chi connectivity index (χ0v) is 20.8. The van der Waals surface area contributed by atoms with Gasteiger partial charge in [0.25, 0.3) is 5.91 Å². The molecule has 0 heterocycles. The number of anilines is 1. The Morgan fingerprint density at radius 2 is 1.69 bits per heavy atom. The van der Waals surface area contributed by atoms with Crippen LogP contribution in [0.1, 0.15) is 39.9 Å². The SMILES string of the molecule is Cc1cc(N(Cc2ccc(C(=O)NC[C@H](C)c3ccccc3)cc2)S(C)(=O)=O)ccc1Br. The number of benzene rings is 3. The largest absolute Gasteiger partial charge is 0.351 e. The zero-order chi connectivity index (χ0) is 23.3. The van der Waals surface area contributed by atoms with Gasteiger partial charge in [0, 0.05) is 16.6 Å². The van der Waals surface area contributed by atoms with Gasteiger partial charge in [-0.15, -0.1) is 0 Å². The molecule has 1 N–H and O–H groups in total. The summed E-state index contributed by atoms with van der Waals surface area (Å²) in [5, 5.41) is 2.97. The number of hydrogen-bond donors (Lipinski definition) is 1. The van der Waals surface area contributed by atoms with Crippen molar-refractivity contribution in [3.63, 3.8) is 0 Å². The molecule has 0 saturated carbocycles. The molecule has 1 atom stereocenters. The molecule has 0 aliphatic heterocycles. The van der Waals surface area contributed by atoms with E-state index in [2.05, 4.69) is 28.2 Å². The highest BCUT2D eigenvalue weighted by atomic mass is 79.9. The number of nitrogens with zero attached hydrogens (tertiary/aromatic N) is 1. The number of amides is 1. The number of nitrogens with one attached hydrogen (secondary N) is 1.